The molecule has 0 unspecified atom stereocenters. The molecule has 0 spiro atoms. The van der Waals surface area contributed by atoms with E-state index in [4.69, 9.17) is 4.74 Å². The molecule has 0 aliphatic carbocycles. The van der Waals surface area contributed by atoms with Crippen LogP contribution in [-0.4, -0.2) is 74.7 Å². The molecule has 0 atom stereocenters. The van der Waals surface area contributed by atoms with Crippen molar-refractivity contribution in [3.63, 3.8) is 0 Å². The lowest BCUT2D eigenvalue weighted by Crippen LogP contribution is -2.40. The molecule has 0 aliphatic rings. The second-order valence-electron chi connectivity index (χ2n) is 8.54. The fraction of sp³-hybridized carbons (Fsp3) is 0.609. The van der Waals surface area contributed by atoms with E-state index in [0.29, 0.717) is 26.2 Å². The van der Waals surface area contributed by atoms with Crippen molar-refractivity contribution in [2.24, 2.45) is 11.8 Å². The zero-order valence-corrected chi connectivity index (χ0v) is 21.3. The molecule has 0 radical (unpaired) electrons. The van der Waals surface area contributed by atoms with E-state index in [9.17, 15) is 22.8 Å². The third-order valence-electron chi connectivity index (χ3n) is 4.73. The lowest BCUT2D eigenvalue weighted by atomic mass is 10.1. The summed E-state index contributed by atoms with van der Waals surface area (Å²) in [5.74, 6) is -0.980. The molecule has 10 heteroatoms. The fourth-order valence-electron chi connectivity index (χ4n) is 3.19. The predicted octanol–water partition coefficient (Wildman–Crippen LogP) is 2.13. The van der Waals surface area contributed by atoms with Crippen LogP contribution in [0.15, 0.2) is 29.2 Å². The van der Waals surface area contributed by atoms with E-state index in [1.165, 1.54) is 28.6 Å². The lowest BCUT2D eigenvalue weighted by molar-refractivity contribution is -0.151. The molecule has 2 amide bonds. The summed E-state index contributed by atoms with van der Waals surface area (Å²) in [6.45, 7) is 12.6. The van der Waals surface area contributed by atoms with Gasteiger partial charge in [0.1, 0.15) is 6.54 Å². The standard InChI is InChI=1S/C23H37N3O6S/c1-7-26(8-2)33(30,31)20-11-9-19(10-12-20)23(29)24-13-22(28)32-16-21(27)25(14-17(3)4)15-18(5)6/h9-12,17-18H,7-8,13-16H2,1-6H3,(H,24,29). The van der Waals surface area contributed by atoms with Crippen molar-refractivity contribution >= 4 is 27.8 Å². The van der Waals surface area contributed by atoms with Gasteiger partial charge in [-0.15, -0.1) is 0 Å². The largest absolute Gasteiger partial charge is 0.454 e. The van der Waals surface area contributed by atoms with E-state index < -0.39 is 28.4 Å². The summed E-state index contributed by atoms with van der Waals surface area (Å²) in [5.41, 5.74) is 0.206. The van der Waals surface area contributed by atoms with E-state index in [-0.39, 0.29) is 34.8 Å². The Morgan fingerprint density at radius 2 is 1.45 bits per heavy atom. The van der Waals surface area contributed by atoms with Gasteiger partial charge in [0, 0.05) is 31.7 Å². The van der Waals surface area contributed by atoms with Crippen molar-refractivity contribution < 1.29 is 27.5 Å². The average molecular weight is 484 g/mol. The van der Waals surface area contributed by atoms with Crippen LogP contribution in [0.3, 0.4) is 0 Å². The molecule has 0 heterocycles. The summed E-state index contributed by atoms with van der Waals surface area (Å²) >= 11 is 0. The average Bonchev–Trinajstić information content (AvgIpc) is 2.75. The molecule has 1 aromatic carbocycles. The molecule has 33 heavy (non-hydrogen) atoms. The van der Waals surface area contributed by atoms with Crippen LogP contribution in [0.4, 0.5) is 0 Å². The van der Waals surface area contributed by atoms with Gasteiger partial charge in [0.2, 0.25) is 10.0 Å². The summed E-state index contributed by atoms with van der Waals surface area (Å²) in [7, 11) is -3.62. The Bertz CT molecular complexity index is 883. The maximum Gasteiger partial charge on any atom is 0.325 e. The van der Waals surface area contributed by atoms with Crippen molar-refractivity contribution in [1.29, 1.82) is 0 Å². The van der Waals surface area contributed by atoms with Gasteiger partial charge in [-0.1, -0.05) is 41.5 Å². The minimum Gasteiger partial charge on any atom is -0.454 e. The summed E-state index contributed by atoms with van der Waals surface area (Å²) in [6.07, 6.45) is 0. The Balaban J connectivity index is 2.61. The molecular weight excluding hydrogens is 446 g/mol. The molecule has 9 nitrogen and oxygen atoms in total. The van der Waals surface area contributed by atoms with E-state index in [0.717, 1.165) is 0 Å². The van der Waals surface area contributed by atoms with Gasteiger partial charge in [-0.3, -0.25) is 14.4 Å². The van der Waals surface area contributed by atoms with Gasteiger partial charge >= 0.3 is 5.97 Å². The minimum absolute atomic E-state index is 0.0908. The number of hydrogen-bond acceptors (Lipinski definition) is 6. The first kappa shape index (κ1) is 28.6. The van der Waals surface area contributed by atoms with Gasteiger partial charge in [0.15, 0.2) is 6.61 Å². The Labute approximate surface area is 197 Å². The number of nitrogens with one attached hydrogen (secondary N) is 1. The maximum atomic E-state index is 12.5. The van der Waals surface area contributed by atoms with Gasteiger partial charge < -0.3 is 15.0 Å². The van der Waals surface area contributed by atoms with E-state index >= 15 is 0 Å². The number of benzene rings is 1. The number of rotatable bonds is 13. The Morgan fingerprint density at radius 1 is 0.939 bits per heavy atom. The van der Waals surface area contributed by atoms with Crippen LogP contribution in [0.1, 0.15) is 51.9 Å². The van der Waals surface area contributed by atoms with Gasteiger partial charge in [-0.2, -0.15) is 4.31 Å². The Hall–Kier alpha value is -2.46. The third kappa shape index (κ3) is 9.13. The van der Waals surface area contributed by atoms with Crippen LogP contribution in [0.5, 0.6) is 0 Å². The van der Waals surface area contributed by atoms with Crippen LogP contribution in [0.25, 0.3) is 0 Å². The summed E-state index contributed by atoms with van der Waals surface area (Å²) in [6, 6.07) is 5.49. The van der Waals surface area contributed by atoms with Gasteiger partial charge in [0.25, 0.3) is 11.8 Å². The molecule has 0 saturated heterocycles. The van der Waals surface area contributed by atoms with Crippen molar-refractivity contribution in [3.8, 4) is 0 Å². The second-order valence-corrected chi connectivity index (χ2v) is 10.5. The number of hydrogen-bond donors (Lipinski definition) is 1. The molecule has 0 aliphatic heterocycles. The van der Waals surface area contributed by atoms with Gasteiger partial charge in [0.05, 0.1) is 4.90 Å². The summed E-state index contributed by atoms with van der Waals surface area (Å²) in [5, 5.41) is 2.42. The number of sulfonamides is 1. The highest BCUT2D eigenvalue weighted by Gasteiger charge is 2.22. The monoisotopic (exact) mass is 483 g/mol. The second kappa shape index (κ2) is 13.3. The topological polar surface area (TPSA) is 113 Å². The number of carbonyl (C=O) groups excluding carboxylic acids is 3. The van der Waals surface area contributed by atoms with Crippen LogP contribution >= 0.6 is 0 Å². The highest BCUT2D eigenvalue weighted by atomic mass is 32.2. The molecule has 1 rings (SSSR count). The highest BCUT2D eigenvalue weighted by Crippen LogP contribution is 2.16. The third-order valence-corrected chi connectivity index (χ3v) is 6.80. The van der Waals surface area contributed by atoms with Crippen molar-refractivity contribution in [2.75, 3.05) is 39.3 Å². The minimum atomic E-state index is -3.62. The van der Waals surface area contributed by atoms with Crippen molar-refractivity contribution in [2.45, 2.75) is 46.4 Å². The van der Waals surface area contributed by atoms with Gasteiger partial charge in [-0.05, 0) is 36.1 Å². The molecule has 0 fully saturated rings. The van der Waals surface area contributed by atoms with E-state index in [2.05, 4.69) is 5.32 Å². The number of ether oxygens (including phenoxy) is 1. The van der Waals surface area contributed by atoms with Crippen LogP contribution in [0.2, 0.25) is 0 Å². The van der Waals surface area contributed by atoms with Gasteiger partial charge in [-0.25, -0.2) is 8.42 Å². The molecule has 0 bridgehead atoms. The first-order chi connectivity index (χ1) is 15.4. The number of esters is 1. The molecule has 186 valence electrons. The van der Waals surface area contributed by atoms with Crippen LogP contribution < -0.4 is 5.32 Å². The predicted molar refractivity (Wildman–Crippen MR) is 126 cm³/mol. The smallest absolute Gasteiger partial charge is 0.325 e. The highest BCUT2D eigenvalue weighted by molar-refractivity contribution is 7.89. The number of nitrogens with zero attached hydrogens (tertiary/aromatic N) is 2. The number of carbonyl (C=O) groups is 3. The molecule has 1 aromatic rings. The van der Waals surface area contributed by atoms with Crippen molar-refractivity contribution in [3.05, 3.63) is 29.8 Å². The quantitative estimate of drug-likeness (QED) is 0.430. The molecule has 0 saturated carbocycles. The Morgan fingerprint density at radius 3 is 1.91 bits per heavy atom. The van der Waals surface area contributed by atoms with Crippen LogP contribution in [-0.2, 0) is 24.3 Å². The molecule has 0 aromatic heterocycles. The Kier molecular flexibility index (Phi) is 11.5. The molecular formula is C23H37N3O6S. The normalized spacial score (nSPS) is 11.7. The SMILES string of the molecule is CCN(CC)S(=O)(=O)c1ccc(C(=O)NCC(=O)OCC(=O)N(CC(C)C)CC(C)C)cc1. The first-order valence-corrected chi connectivity index (χ1v) is 12.7. The zero-order chi connectivity index (χ0) is 25.2. The van der Waals surface area contributed by atoms with Crippen LogP contribution in [0, 0.1) is 11.8 Å². The molecule has 1 N–H and O–H groups in total. The first-order valence-electron chi connectivity index (χ1n) is 11.2. The summed E-state index contributed by atoms with van der Waals surface area (Å²) < 4.78 is 31.4. The van der Waals surface area contributed by atoms with Crippen molar-refractivity contribution in [1.82, 2.24) is 14.5 Å². The summed E-state index contributed by atoms with van der Waals surface area (Å²) in [4.78, 5) is 38.4. The maximum absolute atomic E-state index is 12.5. The zero-order valence-electron chi connectivity index (χ0n) is 20.5. The number of amides is 2. The van der Waals surface area contributed by atoms with E-state index in [1.807, 2.05) is 27.7 Å². The van der Waals surface area contributed by atoms with E-state index in [1.54, 1.807) is 18.7 Å². The fourth-order valence-corrected chi connectivity index (χ4v) is 4.65. The lowest BCUT2D eigenvalue weighted by Gasteiger charge is -2.26.